The van der Waals surface area contributed by atoms with Crippen LogP contribution in [0.3, 0.4) is 0 Å². The highest BCUT2D eigenvalue weighted by Crippen LogP contribution is 2.40. The summed E-state index contributed by atoms with van der Waals surface area (Å²) in [6.07, 6.45) is 4.21. The van der Waals surface area contributed by atoms with Gasteiger partial charge >= 0.3 is 0 Å². The fourth-order valence-corrected chi connectivity index (χ4v) is 2.36. The molecule has 0 radical (unpaired) electrons. The molecule has 0 bridgehead atoms. The van der Waals surface area contributed by atoms with E-state index in [9.17, 15) is 4.91 Å². The lowest BCUT2D eigenvalue weighted by Gasteiger charge is -2.41. The van der Waals surface area contributed by atoms with Crippen LogP contribution < -0.4 is 5.73 Å². The molecule has 2 N–H and O–H groups in total. The first-order valence-corrected chi connectivity index (χ1v) is 4.56. The van der Waals surface area contributed by atoms with Gasteiger partial charge in [-0.1, -0.05) is 18.5 Å². The lowest BCUT2D eigenvalue weighted by Crippen LogP contribution is -2.45. The normalized spacial score (nSPS) is 42.6. The van der Waals surface area contributed by atoms with Crippen molar-refractivity contribution in [2.75, 3.05) is 6.54 Å². The first kappa shape index (κ1) is 9.65. The van der Waals surface area contributed by atoms with Crippen molar-refractivity contribution in [3.8, 4) is 0 Å². The summed E-state index contributed by atoms with van der Waals surface area (Å²) in [6.45, 7) is 4.59. The number of nitroso groups, excluding NO2 is 1. The number of hydrogen-bond acceptors (Lipinski definition) is 3. The van der Waals surface area contributed by atoms with E-state index in [2.05, 4.69) is 19.0 Å². The molecule has 70 valence electrons. The maximum atomic E-state index is 10.2. The molecule has 1 fully saturated rings. The van der Waals surface area contributed by atoms with Crippen molar-refractivity contribution in [2.45, 2.75) is 45.1 Å². The molecule has 0 saturated heterocycles. The molecule has 12 heavy (non-hydrogen) atoms. The van der Waals surface area contributed by atoms with E-state index < -0.39 is 0 Å². The minimum atomic E-state index is -0.0856. The predicted molar refractivity (Wildman–Crippen MR) is 49.8 cm³/mol. The van der Waals surface area contributed by atoms with Crippen LogP contribution in [0.4, 0.5) is 0 Å². The molecule has 0 aliphatic heterocycles. The maximum absolute atomic E-state index is 10.2. The molecule has 1 saturated carbocycles. The predicted octanol–water partition coefficient (Wildman–Crippen LogP) is 2.05. The quantitative estimate of drug-likeness (QED) is 0.645. The van der Waals surface area contributed by atoms with Gasteiger partial charge in [0.25, 0.3) is 0 Å². The van der Waals surface area contributed by atoms with Gasteiger partial charge in [0.2, 0.25) is 0 Å². The van der Waals surface area contributed by atoms with Crippen LogP contribution in [0.25, 0.3) is 0 Å². The maximum Gasteiger partial charge on any atom is 0.0865 e. The van der Waals surface area contributed by atoms with Gasteiger partial charge in [-0.05, 0) is 31.6 Å². The highest BCUT2D eigenvalue weighted by Gasteiger charge is 2.36. The van der Waals surface area contributed by atoms with Crippen molar-refractivity contribution >= 4 is 0 Å². The van der Waals surface area contributed by atoms with E-state index in [1.807, 2.05) is 0 Å². The largest absolute Gasteiger partial charge is 0.325 e. The fourth-order valence-electron chi connectivity index (χ4n) is 2.36. The lowest BCUT2D eigenvalue weighted by molar-refractivity contribution is 0.152. The second-order valence-electron chi connectivity index (χ2n) is 4.78. The van der Waals surface area contributed by atoms with Crippen molar-refractivity contribution in [1.29, 1.82) is 0 Å². The molecule has 0 aromatic carbocycles. The standard InChI is InChI=1S/C9H18N2O/c1-8(7-11-12)4-3-5-9(2,10)6-8/h3-7,10H2,1-2H3. The van der Waals surface area contributed by atoms with Crippen LogP contribution in [0.5, 0.6) is 0 Å². The molecule has 0 spiro atoms. The van der Waals surface area contributed by atoms with Crippen LogP contribution in [-0.4, -0.2) is 12.1 Å². The van der Waals surface area contributed by atoms with Gasteiger partial charge in [0.15, 0.2) is 0 Å². The summed E-state index contributed by atoms with van der Waals surface area (Å²) < 4.78 is 0. The van der Waals surface area contributed by atoms with Crippen molar-refractivity contribution in [3.05, 3.63) is 4.91 Å². The summed E-state index contributed by atoms with van der Waals surface area (Å²) in [5.41, 5.74) is 6.01. The number of rotatable bonds is 2. The van der Waals surface area contributed by atoms with Gasteiger partial charge in [0.05, 0.1) is 6.54 Å². The summed E-state index contributed by atoms with van der Waals surface area (Å²) in [6, 6.07) is 0. The van der Waals surface area contributed by atoms with Crippen LogP contribution in [0.2, 0.25) is 0 Å². The zero-order valence-corrected chi connectivity index (χ0v) is 7.97. The Kier molecular flexibility index (Phi) is 2.52. The van der Waals surface area contributed by atoms with Crippen molar-refractivity contribution in [3.63, 3.8) is 0 Å². The summed E-state index contributed by atoms with van der Waals surface area (Å²) in [5.74, 6) is 0. The lowest BCUT2D eigenvalue weighted by atomic mass is 9.68. The summed E-state index contributed by atoms with van der Waals surface area (Å²) in [5, 5.41) is 2.99. The van der Waals surface area contributed by atoms with Crippen LogP contribution >= 0.6 is 0 Å². The number of nitrogens with two attached hydrogens (primary N) is 1. The van der Waals surface area contributed by atoms with E-state index in [1.54, 1.807) is 0 Å². The van der Waals surface area contributed by atoms with E-state index >= 15 is 0 Å². The second kappa shape index (κ2) is 3.13. The Labute approximate surface area is 73.7 Å². The Bertz CT molecular complexity index is 179. The van der Waals surface area contributed by atoms with Gasteiger partial charge in [0.1, 0.15) is 0 Å². The molecule has 0 heterocycles. The van der Waals surface area contributed by atoms with Gasteiger partial charge in [-0.2, -0.15) is 4.91 Å². The summed E-state index contributed by atoms with van der Waals surface area (Å²) >= 11 is 0. The average molecular weight is 170 g/mol. The van der Waals surface area contributed by atoms with E-state index in [0.29, 0.717) is 6.54 Å². The Morgan fingerprint density at radius 1 is 1.42 bits per heavy atom. The third-order valence-corrected chi connectivity index (χ3v) is 2.81. The fraction of sp³-hybridized carbons (Fsp3) is 1.00. The van der Waals surface area contributed by atoms with Gasteiger partial charge in [-0.3, -0.25) is 0 Å². The molecule has 3 nitrogen and oxygen atoms in total. The molecular formula is C9H18N2O. The minimum absolute atomic E-state index is 0.0590. The van der Waals surface area contributed by atoms with Gasteiger partial charge in [0, 0.05) is 5.54 Å². The monoisotopic (exact) mass is 170 g/mol. The second-order valence-corrected chi connectivity index (χ2v) is 4.78. The molecule has 1 aliphatic carbocycles. The first-order valence-electron chi connectivity index (χ1n) is 4.56. The third-order valence-electron chi connectivity index (χ3n) is 2.81. The summed E-state index contributed by atoms with van der Waals surface area (Å²) in [4.78, 5) is 10.2. The molecule has 2 unspecified atom stereocenters. The molecule has 0 amide bonds. The molecule has 1 aliphatic rings. The molecule has 1 rings (SSSR count). The van der Waals surface area contributed by atoms with Crippen molar-refractivity contribution in [1.82, 2.24) is 0 Å². The molecule has 0 aromatic rings. The number of nitrogens with zero attached hydrogens (tertiary/aromatic N) is 1. The highest BCUT2D eigenvalue weighted by molar-refractivity contribution is 4.93. The topological polar surface area (TPSA) is 55.4 Å². The van der Waals surface area contributed by atoms with Crippen LogP contribution in [0.1, 0.15) is 39.5 Å². The molecular weight excluding hydrogens is 152 g/mol. The number of hydrogen-bond donors (Lipinski definition) is 1. The van der Waals surface area contributed by atoms with E-state index in [-0.39, 0.29) is 11.0 Å². The van der Waals surface area contributed by atoms with Crippen LogP contribution in [0, 0.1) is 10.3 Å². The Morgan fingerprint density at radius 3 is 2.58 bits per heavy atom. The minimum Gasteiger partial charge on any atom is -0.325 e. The van der Waals surface area contributed by atoms with Crippen molar-refractivity contribution < 1.29 is 0 Å². The Hall–Kier alpha value is -0.440. The Morgan fingerprint density at radius 2 is 2.08 bits per heavy atom. The van der Waals surface area contributed by atoms with E-state index in [0.717, 1.165) is 25.7 Å². The zero-order valence-electron chi connectivity index (χ0n) is 7.97. The molecule has 2 atom stereocenters. The van der Waals surface area contributed by atoms with Gasteiger partial charge in [-0.25, -0.2) is 0 Å². The first-order chi connectivity index (χ1) is 5.47. The average Bonchev–Trinajstić information content (AvgIpc) is 1.83. The Balaban J connectivity index is 2.60. The van der Waals surface area contributed by atoms with Gasteiger partial charge < -0.3 is 5.73 Å². The summed E-state index contributed by atoms with van der Waals surface area (Å²) in [7, 11) is 0. The van der Waals surface area contributed by atoms with Crippen LogP contribution in [-0.2, 0) is 0 Å². The third kappa shape index (κ3) is 2.27. The van der Waals surface area contributed by atoms with Crippen LogP contribution in [0.15, 0.2) is 5.18 Å². The SMILES string of the molecule is CC1(N)CCCC(C)(CN=O)C1. The van der Waals surface area contributed by atoms with E-state index in [4.69, 9.17) is 5.73 Å². The van der Waals surface area contributed by atoms with E-state index in [1.165, 1.54) is 0 Å². The molecule has 3 heteroatoms. The highest BCUT2D eigenvalue weighted by atomic mass is 16.3. The zero-order chi connectivity index (χ0) is 9.24. The molecule has 0 aromatic heterocycles. The smallest absolute Gasteiger partial charge is 0.0865 e. The van der Waals surface area contributed by atoms with Gasteiger partial charge in [-0.15, -0.1) is 0 Å². The van der Waals surface area contributed by atoms with Crippen molar-refractivity contribution in [2.24, 2.45) is 16.3 Å².